The fourth-order valence-corrected chi connectivity index (χ4v) is 3.43. The van der Waals surface area contributed by atoms with Gasteiger partial charge in [-0.2, -0.15) is 5.26 Å². The highest BCUT2D eigenvalue weighted by atomic mass is 79.9. The van der Waals surface area contributed by atoms with Gasteiger partial charge in [-0.25, -0.2) is 8.42 Å². The molecule has 0 heterocycles. The van der Waals surface area contributed by atoms with Crippen LogP contribution in [0.1, 0.15) is 32.8 Å². The van der Waals surface area contributed by atoms with E-state index in [1.54, 1.807) is 18.2 Å². The van der Waals surface area contributed by atoms with Crippen LogP contribution in [0.15, 0.2) is 22.7 Å². The second kappa shape index (κ2) is 5.93. The maximum Gasteiger partial charge on any atom is 0.232 e. The van der Waals surface area contributed by atoms with E-state index in [9.17, 15) is 8.42 Å². The SMILES string of the molecule is CC(C)(C)CCS(=O)(=O)Nc1ccc(C#N)cc1Br. The lowest BCUT2D eigenvalue weighted by Crippen LogP contribution is -2.21. The summed E-state index contributed by atoms with van der Waals surface area (Å²) in [6, 6.07) is 6.74. The first-order chi connectivity index (χ1) is 8.63. The lowest BCUT2D eigenvalue weighted by atomic mass is 9.94. The van der Waals surface area contributed by atoms with Crippen LogP contribution in [0, 0.1) is 16.7 Å². The maximum absolute atomic E-state index is 12.0. The Morgan fingerprint density at radius 2 is 2.00 bits per heavy atom. The van der Waals surface area contributed by atoms with Gasteiger partial charge >= 0.3 is 0 Å². The smallest absolute Gasteiger partial charge is 0.232 e. The van der Waals surface area contributed by atoms with E-state index >= 15 is 0 Å². The van der Waals surface area contributed by atoms with Crippen molar-refractivity contribution in [1.82, 2.24) is 0 Å². The number of nitriles is 1. The van der Waals surface area contributed by atoms with Gasteiger partial charge in [0.2, 0.25) is 10.0 Å². The molecule has 1 aromatic rings. The summed E-state index contributed by atoms with van der Waals surface area (Å²) in [5, 5.41) is 8.75. The minimum Gasteiger partial charge on any atom is -0.282 e. The molecule has 104 valence electrons. The van der Waals surface area contributed by atoms with E-state index in [2.05, 4.69) is 20.7 Å². The summed E-state index contributed by atoms with van der Waals surface area (Å²) in [6.07, 6.45) is 0.580. The minimum atomic E-state index is -3.37. The number of hydrogen-bond acceptors (Lipinski definition) is 3. The zero-order chi connectivity index (χ0) is 14.7. The van der Waals surface area contributed by atoms with Gasteiger partial charge in [0, 0.05) is 4.47 Å². The van der Waals surface area contributed by atoms with Gasteiger partial charge in [0.05, 0.1) is 23.1 Å². The zero-order valence-corrected chi connectivity index (χ0v) is 13.6. The average molecular weight is 345 g/mol. The van der Waals surface area contributed by atoms with Gasteiger partial charge in [0.15, 0.2) is 0 Å². The first-order valence-electron chi connectivity index (χ1n) is 5.83. The minimum absolute atomic E-state index is 0.0311. The van der Waals surface area contributed by atoms with Crippen LogP contribution < -0.4 is 4.72 Å². The summed E-state index contributed by atoms with van der Waals surface area (Å²) in [6.45, 7) is 6.00. The molecule has 0 amide bonds. The third kappa shape index (κ3) is 5.62. The van der Waals surface area contributed by atoms with Gasteiger partial charge in [-0.1, -0.05) is 20.8 Å². The number of benzene rings is 1. The highest BCUT2D eigenvalue weighted by molar-refractivity contribution is 9.10. The highest BCUT2D eigenvalue weighted by Crippen LogP contribution is 2.25. The van der Waals surface area contributed by atoms with Crippen LogP contribution in [-0.4, -0.2) is 14.2 Å². The quantitative estimate of drug-likeness (QED) is 0.908. The second-order valence-corrected chi connectivity index (χ2v) is 8.23. The molecule has 0 spiro atoms. The number of halogens is 1. The van der Waals surface area contributed by atoms with Crippen molar-refractivity contribution in [1.29, 1.82) is 5.26 Å². The van der Waals surface area contributed by atoms with Gasteiger partial charge in [-0.3, -0.25) is 4.72 Å². The Bertz CT molecular complexity index is 598. The second-order valence-electron chi connectivity index (χ2n) is 5.54. The molecule has 4 nitrogen and oxygen atoms in total. The van der Waals surface area contributed by atoms with Crippen molar-refractivity contribution < 1.29 is 8.42 Å². The normalized spacial score (nSPS) is 11.9. The van der Waals surface area contributed by atoms with Gasteiger partial charge in [-0.05, 0) is 46.0 Å². The van der Waals surface area contributed by atoms with E-state index in [0.717, 1.165) is 0 Å². The summed E-state index contributed by atoms with van der Waals surface area (Å²) < 4.78 is 27.0. The van der Waals surface area contributed by atoms with Crippen LogP contribution in [0.25, 0.3) is 0 Å². The van der Waals surface area contributed by atoms with Crippen molar-refractivity contribution in [2.24, 2.45) is 5.41 Å². The molecule has 1 N–H and O–H groups in total. The Morgan fingerprint density at radius 1 is 1.37 bits per heavy atom. The predicted octanol–water partition coefficient (Wildman–Crippen LogP) is 3.50. The standard InChI is InChI=1S/C13H17BrN2O2S/c1-13(2,3)6-7-19(17,18)16-12-5-4-10(9-15)8-11(12)14/h4-5,8,16H,6-7H2,1-3H3. The van der Waals surface area contributed by atoms with Crippen molar-refractivity contribution in [2.45, 2.75) is 27.2 Å². The molecule has 0 unspecified atom stereocenters. The average Bonchev–Trinajstić information content (AvgIpc) is 2.28. The number of anilines is 1. The van der Waals surface area contributed by atoms with Crippen molar-refractivity contribution >= 4 is 31.6 Å². The first kappa shape index (κ1) is 16.0. The Hall–Kier alpha value is -1.06. The van der Waals surface area contributed by atoms with Crippen LogP contribution in [0.4, 0.5) is 5.69 Å². The monoisotopic (exact) mass is 344 g/mol. The zero-order valence-electron chi connectivity index (χ0n) is 11.2. The molecule has 0 aliphatic rings. The summed E-state index contributed by atoms with van der Waals surface area (Å²) in [5.74, 6) is 0.0724. The van der Waals surface area contributed by atoms with E-state index in [4.69, 9.17) is 5.26 Å². The molecular weight excluding hydrogens is 328 g/mol. The molecule has 0 aliphatic carbocycles. The molecule has 19 heavy (non-hydrogen) atoms. The first-order valence-corrected chi connectivity index (χ1v) is 8.28. The van der Waals surface area contributed by atoms with E-state index in [0.29, 0.717) is 22.1 Å². The van der Waals surface area contributed by atoms with Gasteiger partial charge in [0.25, 0.3) is 0 Å². The molecule has 0 aliphatic heterocycles. The topological polar surface area (TPSA) is 70.0 Å². The Balaban J connectivity index is 2.82. The van der Waals surface area contributed by atoms with Crippen molar-refractivity contribution in [3.63, 3.8) is 0 Å². The van der Waals surface area contributed by atoms with Crippen LogP contribution in [0.2, 0.25) is 0 Å². The lowest BCUT2D eigenvalue weighted by Gasteiger charge is -2.18. The third-order valence-electron chi connectivity index (χ3n) is 2.48. The largest absolute Gasteiger partial charge is 0.282 e. The van der Waals surface area contributed by atoms with Crippen LogP contribution in [0.5, 0.6) is 0 Å². The molecular formula is C13H17BrN2O2S. The Kier molecular flexibility index (Phi) is 4.99. The van der Waals surface area contributed by atoms with E-state index < -0.39 is 10.0 Å². The van der Waals surface area contributed by atoms with Crippen LogP contribution in [0.3, 0.4) is 0 Å². The fourth-order valence-electron chi connectivity index (χ4n) is 1.33. The van der Waals surface area contributed by atoms with Gasteiger partial charge < -0.3 is 0 Å². The summed E-state index contributed by atoms with van der Waals surface area (Å²) in [7, 11) is -3.37. The molecule has 1 rings (SSSR count). The molecule has 0 atom stereocenters. The fraction of sp³-hybridized carbons (Fsp3) is 0.462. The summed E-state index contributed by atoms with van der Waals surface area (Å²) in [5.41, 5.74) is 0.897. The summed E-state index contributed by atoms with van der Waals surface area (Å²) in [4.78, 5) is 0. The van der Waals surface area contributed by atoms with Crippen molar-refractivity contribution in [3.8, 4) is 6.07 Å². The molecule has 0 saturated heterocycles. The van der Waals surface area contributed by atoms with Crippen molar-refractivity contribution in [2.75, 3.05) is 10.5 Å². The molecule has 6 heteroatoms. The van der Waals surface area contributed by atoms with Crippen LogP contribution in [-0.2, 0) is 10.0 Å². The summed E-state index contributed by atoms with van der Waals surface area (Å²) >= 11 is 3.25. The van der Waals surface area contributed by atoms with E-state index in [-0.39, 0.29) is 11.2 Å². The Labute approximate surface area is 123 Å². The maximum atomic E-state index is 12.0. The number of nitrogens with zero attached hydrogens (tertiary/aromatic N) is 1. The third-order valence-corrected chi connectivity index (χ3v) is 4.41. The number of hydrogen-bond donors (Lipinski definition) is 1. The molecule has 1 aromatic carbocycles. The molecule has 0 bridgehead atoms. The van der Waals surface area contributed by atoms with E-state index in [1.807, 2.05) is 26.8 Å². The van der Waals surface area contributed by atoms with Crippen molar-refractivity contribution in [3.05, 3.63) is 28.2 Å². The van der Waals surface area contributed by atoms with Gasteiger partial charge in [-0.15, -0.1) is 0 Å². The molecule has 0 radical (unpaired) electrons. The number of sulfonamides is 1. The molecule has 0 fully saturated rings. The van der Waals surface area contributed by atoms with Crippen LogP contribution >= 0.6 is 15.9 Å². The molecule has 0 saturated carbocycles. The lowest BCUT2D eigenvalue weighted by molar-refractivity contribution is 0.397. The van der Waals surface area contributed by atoms with Gasteiger partial charge in [0.1, 0.15) is 0 Å². The number of rotatable bonds is 4. The predicted molar refractivity (Wildman–Crippen MR) is 80.3 cm³/mol. The van der Waals surface area contributed by atoms with E-state index in [1.165, 1.54) is 0 Å². The molecule has 0 aromatic heterocycles. The number of nitrogens with one attached hydrogen (secondary N) is 1. The Morgan fingerprint density at radius 3 is 2.47 bits per heavy atom. The highest BCUT2D eigenvalue weighted by Gasteiger charge is 2.18.